The van der Waals surface area contributed by atoms with Crippen molar-refractivity contribution in [1.82, 2.24) is 9.78 Å². The fourth-order valence-electron chi connectivity index (χ4n) is 3.92. The van der Waals surface area contributed by atoms with Crippen molar-refractivity contribution in [3.05, 3.63) is 41.6 Å². The number of nitrogens with zero attached hydrogens (tertiary/aromatic N) is 2. The van der Waals surface area contributed by atoms with E-state index < -0.39 is 58.4 Å². The Morgan fingerprint density at radius 3 is 2.38 bits per heavy atom. The maximum atomic E-state index is 14.0. The maximum Gasteiger partial charge on any atom is 0.416 e. The lowest BCUT2D eigenvalue weighted by Crippen LogP contribution is -2.48. The van der Waals surface area contributed by atoms with Crippen molar-refractivity contribution in [3.63, 3.8) is 0 Å². The molecule has 13 heteroatoms. The normalized spacial score (nSPS) is 22.6. The molecule has 0 spiro atoms. The van der Waals surface area contributed by atoms with Crippen LogP contribution in [0.3, 0.4) is 0 Å². The predicted octanol–water partition coefficient (Wildman–Crippen LogP) is 3.11. The third-order valence-corrected chi connectivity index (χ3v) is 9.08. The highest BCUT2D eigenvalue weighted by Gasteiger charge is 2.54. The Labute approximate surface area is 196 Å². The monoisotopic (exact) mass is 524 g/mol. The van der Waals surface area contributed by atoms with E-state index in [9.17, 15) is 35.1 Å². The Kier molecular flexibility index (Phi) is 6.75. The Bertz CT molecular complexity index is 1290. The molecule has 0 amide bonds. The van der Waals surface area contributed by atoms with Crippen molar-refractivity contribution < 1.29 is 39.9 Å². The van der Waals surface area contributed by atoms with Crippen LogP contribution in [0.2, 0.25) is 0 Å². The van der Waals surface area contributed by atoms with Gasteiger partial charge in [-0.1, -0.05) is 13.0 Å². The van der Waals surface area contributed by atoms with Gasteiger partial charge in [-0.15, -0.1) is 0 Å². The zero-order valence-electron chi connectivity index (χ0n) is 19.1. The number of rotatable bonds is 6. The largest absolute Gasteiger partial charge is 0.416 e. The zero-order chi connectivity index (χ0) is 25.7. The van der Waals surface area contributed by atoms with Gasteiger partial charge in [0.05, 0.1) is 28.3 Å². The summed E-state index contributed by atoms with van der Waals surface area (Å²) in [7, 11) is -8.58. The van der Waals surface area contributed by atoms with Gasteiger partial charge in [0.1, 0.15) is 0 Å². The molecule has 3 rings (SSSR count). The van der Waals surface area contributed by atoms with Gasteiger partial charge in [0, 0.05) is 18.9 Å². The first-order chi connectivity index (χ1) is 15.5. The number of ether oxygens (including phenoxy) is 1. The topological polar surface area (TPSA) is 116 Å². The van der Waals surface area contributed by atoms with Crippen molar-refractivity contribution in [1.29, 1.82) is 0 Å². The van der Waals surface area contributed by atoms with Crippen LogP contribution >= 0.6 is 0 Å². The van der Waals surface area contributed by atoms with Crippen LogP contribution in [-0.4, -0.2) is 51.2 Å². The second-order valence-corrected chi connectivity index (χ2v) is 13.4. The highest BCUT2D eigenvalue weighted by Crippen LogP contribution is 2.47. The molecule has 0 radical (unpaired) electrons. The van der Waals surface area contributed by atoms with E-state index >= 15 is 0 Å². The number of sulfone groups is 2. The molecular weight excluding hydrogens is 497 g/mol. The molecule has 1 fully saturated rings. The summed E-state index contributed by atoms with van der Waals surface area (Å²) in [5, 5.41) is 13.6. The van der Waals surface area contributed by atoms with Gasteiger partial charge < -0.3 is 9.84 Å². The standard InChI is InChI=1S/C21H27F3N2O6S2/c1-14-8-9-32-20(12-14,34(30,31)16-7-5-6-15(10-16)21(22,23)24)17-11-18(33(4,28)29)25-26(17)19(2,3)13-27/h5-7,10-11,14,27H,8-9,12-13H2,1-4H3. The molecule has 1 aliphatic heterocycles. The van der Waals surface area contributed by atoms with Gasteiger partial charge in [-0.2, -0.15) is 18.3 Å². The number of aliphatic hydroxyl groups is 1. The van der Waals surface area contributed by atoms with Gasteiger partial charge in [-0.3, -0.25) is 4.68 Å². The third-order valence-electron chi connectivity index (χ3n) is 5.89. The lowest BCUT2D eigenvalue weighted by molar-refractivity contribution is -0.137. The molecule has 1 saturated heterocycles. The van der Waals surface area contributed by atoms with Gasteiger partial charge in [0.25, 0.3) is 0 Å². The number of hydrogen-bond acceptors (Lipinski definition) is 7. The van der Waals surface area contributed by atoms with Crippen LogP contribution in [0.25, 0.3) is 0 Å². The molecule has 0 bridgehead atoms. The fraction of sp³-hybridized carbons (Fsp3) is 0.571. The van der Waals surface area contributed by atoms with Crippen LogP contribution in [0.1, 0.15) is 44.9 Å². The quantitative estimate of drug-likeness (QED) is 0.617. The second-order valence-electron chi connectivity index (χ2n) is 9.25. The maximum absolute atomic E-state index is 14.0. The van der Waals surface area contributed by atoms with Crippen LogP contribution in [0.15, 0.2) is 40.3 Å². The number of aliphatic hydroxyl groups excluding tert-OH is 1. The first-order valence-electron chi connectivity index (χ1n) is 10.4. The average molecular weight is 525 g/mol. The minimum absolute atomic E-state index is 0.0295. The van der Waals surface area contributed by atoms with Gasteiger partial charge in [0.2, 0.25) is 14.8 Å². The Balaban J connectivity index is 2.38. The summed E-state index contributed by atoms with van der Waals surface area (Å²) in [6.45, 7) is 4.26. The van der Waals surface area contributed by atoms with E-state index in [4.69, 9.17) is 4.74 Å². The minimum atomic E-state index is -4.77. The van der Waals surface area contributed by atoms with Crippen LogP contribution in [0.5, 0.6) is 0 Å². The Morgan fingerprint density at radius 1 is 1.21 bits per heavy atom. The Morgan fingerprint density at radius 2 is 1.85 bits per heavy atom. The van der Waals surface area contributed by atoms with E-state index in [1.165, 1.54) is 13.8 Å². The first-order valence-corrected chi connectivity index (χ1v) is 13.8. The molecule has 8 nitrogen and oxygen atoms in total. The molecule has 2 heterocycles. The molecule has 190 valence electrons. The second kappa shape index (κ2) is 8.61. The number of aromatic nitrogens is 2. The summed E-state index contributed by atoms with van der Waals surface area (Å²) in [5.74, 6) is -0.225. The minimum Gasteiger partial charge on any atom is -0.394 e. The highest BCUT2D eigenvalue weighted by atomic mass is 32.2. The van der Waals surface area contributed by atoms with E-state index in [0.717, 1.165) is 35.2 Å². The molecule has 0 aliphatic carbocycles. The van der Waals surface area contributed by atoms with Crippen LogP contribution < -0.4 is 0 Å². The molecule has 1 aliphatic rings. The average Bonchev–Trinajstić information content (AvgIpc) is 3.20. The van der Waals surface area contributed by atoms with E-state index in [0.29, 0.717) is 12.5 Å². The smallest absolute Gasteiger partial charge is 0.394 e. The number of benzene rings is 1. The predicted molar refractivity (Wildman–Crippen MR) is 116 cm³/mol. The Hall–Kier alpha value is -1.96. The zero-order valence-corrected chi connectivity index (χ0v) is 20.8. The summed E-state index contributed by atoms with van der Waals surface area (Å²) in [6, 6.07) is 4.40. The number of hydrogen-bond donors (Lipinski definition) is 1. The van der Waals surface area contributed by atoms with Crippen molar-refractivity contribution in [3.8, 4) is 0 Å². The fourth-order valence-corrected chi connectivity index (χ4v) is 6.56. The van der Waals surface area contributed by atoms with Gasteiger partial charge >= 0.3 is 6.18 Å². The van der Waals surface area contributed by atoms with Crippen LogP contribution in [0, 0.1) is 5.92 Å². The summed E-state index contributed by atoms with van der Waals surface area (Å²) in [6.07, 6.45) is -3.53. The van der Waals surface area contributed by atoms with Crippen LogP contribution in [-0.2, 0) is 41.1 Å². The van der Waals surface area contributed by atoms with Crippen molar-refractivity contribution >= 4 is 19.7 Å². The van der Waals surface area contributed by atoms with Crippen molar-refractivity contribution in [2.75, 3.05) is 19.5 Å². The molecule has 1 aromatic carbocycles. The van der Waals surface area contributed by atoms with E-state index in [-0.39, 0.29) is 24.6 Å². The SMILES string of the molecule is CC1CCOC(c2cc(S(C)(=O)=O)nn2C(C)(C)CO)(S(=O)(=O)c2cccc(C(F)(F)F)c2)C1. The molecule has 1 N–H and O–H groups in total. The molecule has 2 atom stereocenters. The van der Waals surface area contributed by atoms with Crippen molar-refractivity contribution in [2.24, 2.45) is 5.92 Å². The summed E-state index contributed by atoms with van der Waals surface area (Å²) < 4.78 is 99.6. The molecular formula is C21H27F3N2O6S2. The number of alkyl halides is 3. The summed E-state index contributed by atoms with van der Waals surface area (Å²) in [5.41, 5.74) is -2.57. The van der Waals surface area contributed by atoms with Gasteiger partial charge in [-0.05, 0) is 50.8 Å². The molecule has 0 saturated carbocycles. The third kappa shape index (κ3) is 4.62. The molecule has 2 aromatic rings. The van der Waals surface area contributed by atoms with Gasteiger partial charge in [-0.25, -0.2) is 16.8 Å². The highest BCUT2D eigenvalue weighted by molar-refractivity contribution is 7.92. The molecule has 1 aromatic heterocycles. The molecule has 2 unspecified atom stereocenters. The summed E-state index contributed by atoms with van der Waals surface area (Å²) in [4.78, 5) is -2.84. The first kappa shape index (κ1) is 26.6. The van der Waals surface area contributed by atoms with Crippen molar-refractivity contribution in [2.45, 2.75) is 60.2 Å². The van der Waals surface area contributed by atoms with E-state index in [1.54, 1.807) is 6.92 Å². The number of halogens is 3. The van der Waals surface area contributed by atoms with Gasteiger partial charge in [0.15, 0.2) is 14.9 Å². The lowest BCUT2D eigenvalue weighted by Gasteiger charge is -2.41. The summed E-state index contributed by atoms with van der Waals surface area (Å²) >= 11 is 0. The lowest BCUT2D eigenvalue weighted by atomic mass is 9.94. The molecule has 34 heavy (non-hydrogen) atoms. The van der Waals surface area contributed by atoms with Crippen LogP contribution in [0.4, 0.5) is 13.2 Å². The van der Waals surface area contributed by atoms with E-state index in [2.05, 4.69) is 5.10 Å². The van der Waals surface area contributed by atoms with E-state index in [1.807, 2.05) is 0 Å².